The van der Waals surface area contributed by atoms with Crippen molar-refractivity contribution in [2.45, 2.75) is 6.92 Å². The Morgan fingerprint density at radius 1 is 1.24 bits per heavy atom. The van der Waals surface area contributed by atoms with Gasteiger partial charge >= 0.3 is 0 Å². The van der Waals surface area contributed by atoms with Crippen molar-refractivity contribution in [2.24, 2.45) is 4.99 Å². The summed E-state index contributed by atoms with van der Waals surface area (Å²) in [5.74, 6) is -0.183. The summed E-state index contributed by atoms with van der Waals surface area (Å²) in [5.41, 5.74) is 5.07. The Kier molecular flexibility index (Phi) is 4.34. The third kappa shape index (κ3) is 3.28. The fraction of sp³-hybridized carbons (Fsp3) is 0.0476. The number of nitrogens with zero attached hydrogens (tertiary/aromatic N) is 4. The lowest BCUT2D eigenvalue weighted by atomic mass is 10.1. The molecule has 5 rings (SSSR count). The van der Waals surface area contributed by atoms with E-state index in [-0.39, 0.29) is 5.91 Å². The minimum atomic E-state index is -0.183. The maximum absolute atomic E-state index is 12.4. The smallest absolute Gasteiger partial charge is 0.264 e. The lowest BCUT2D eigenvalue weighted by molar-refractivity contribution is -0.115. The maximum atomic E-state index is 12.4. The number of carbonyl (C=O) groups is 1. The highest BCUT2D eigenvalue weighted by Crippen LogP contribution is 2.33. The van der Waals surface area contributed by atoms with Crippen LogP contribution in [0.4, 0.5) is 5.69 Å². The largest absolute Gasteiger partial charge is 0.300 e. The van der Waals surface area contributed by atoms with E-state index in [0.717, 1.165) is 27.8 Å². The molecule has 0 atom stereocenters. The summed E-state index contributed by atoms with van der Waals surface area (Å²) >= 11 is 7.54. The molecule has 6 nitrogen and oxygen atoms in total. The number of halogens is 1. The van der Waals surface area contributed by atoms with E-state index < -0.39 is 0 Å². The fourth-order valence-corrected chi connectivity index (χ4v) is 4.26. The number of benzene rings is 2. The number of amides is 1. The zero-order valence-corrected chi connectivity index (χ0v) is 16.8. The van der Waals surface area contributed by atoms with E-state index in [1.165, 1.54) is 11.8 Å². The molecule has 1 aliphatic heterocycles. The summed E-state index contributed by atoms with van der Waals surface area (Å²) in [5, 5.41) is 3.87. The monoisotopic (exact) mass is 419 g/mol. The number of nitrogens with one attached hydrogen (secondary N) is 1. The highest BCUT2D eigenvalue weighted by atomic mass is 35.5. The van der Waals surface area contributed by atoms with E-state index in [1.54, 1.807) is 18.5 Å². The van der Waals surface area contributed by atoms with Crippen LogP contribution in [0.5, 0.6) is 0 Å². The quantitative estimate of drug-likeness (QED) is 0.476. The zero-order chi connectivity index (χ0) is 20.0. The van der Waals surface area contributed by atoms with Gasteiger partial charge in [0.05, 0.1) is 32.8 Å². The lowest BCUT2D eigenvalue weighted by Crippen LogP contribution is -2.19. The van der Waals surface area contributed by atoms with E-state index in [0.29, 0.717) is 20.8 Å². The Morgan fingerprint density at radius 3 is 3.00 bits per heavy atom. The highest BCUT2D eigenvalue weighted by molar-refractivity contribution is 8.18. The number of aryl methyl sites for hydroxylation is 1. The van der Waals surface area contributed by atoms with E-state index >= 15 is 0 Å². The number of aliphatic imine (C=N–C) groups is 1. The molecule has 4 aromatic rings. The van der Waals surface area contributed by atoms with Gasteiger partial charge in [0.2, 0.25) is 0 Å². The van der Waals surface area contributed by atoms with Crippen molar-refractivity contribution in [1.29, 1.82) is 0 Å². The minimum Gasteiger partial charge on any atom is -0.300 e. The van der Waals surface area contributed by atoms with Gasteiger partial charge < -0.3 is 5.32 Å². The van der Waals surface area contributed by atoms with Gasteiger partial charge in [0.25, 0.3) is 5.91 Å². The fourth-order valence-electron chi connectivity index (χ4n) is 3.17. The molecular weight excluding hydrogens is 406 g/mol. The second-order valence-electron chi connectivity index (χ2n) is 6.55. The van der Waals surface area contributed by atoms with E-state index in [4.69, 9.17) is 11.6 Å². The molecular formula is C21H14ClN5OS. The van der Waals surface area contributed by atoms with Crippen LogP contribution in [-0.2, 0) is 4.79 Å². The van der Waals surface area contributed by atoms with Crippen molar-refractivity contribution < 1.29 is 4.79 Å². The molecule has 0 saturated carbocycles. The molecule has 2 aromatic carbocycles. The van der Waals surface area contributed by atoms with Crippen molar-refractivity contribution in [2.75, 3.05) is 0 Å². The molecule has 1 amide bonds. The number of aromatic nitrogens is 3. The van der Waals surface area contributed by atoms with Crippen molar-refractivity contribution in [1.82, 2.24) is 19.7 Å². The van der Waals surface area contributed by atoms with Crippen LogP contribution in [0.3, 0.4) is 0 Å². The summed E-state index contributed by atoms with van der Waals surface area (Å²) in [4.78, 5) is 26.2. The maximum Gasteiger partial charge on any atom is 0.264 e. The summed E-state index contributed by atoms with van der Waals surface area (Å²) in [7, 11) is 0. The number of fused-ring (bicyclic) bond motifs is 3. The average Bonchev–Trinajstić information content (AvgIpc) is 3.32. The Morgan fingerprint density at radius 2 is 2.14 bits per heavy atom. The summed E-state index contributed by atoms with van der Waals surface area (Å²) < 4.78 is 1.97. The first kappa shape index (κ1) is 17.9. The molecule has 1 saturated heterocycles. The molecule has 0 unspecified atom stereocenters. The molecule has 1 aliphatic rings. The van der Waals surface area contributed by atoms with E-state index in [1.807, 2.05) is 53.9 Å². The first-order valence-corrected chi connectivity index (χ1v) is 10.0. The third-order valence-corrected chi connectivity index (χ3v) is 5.81. The second kappa shape index (κ2) is 7.02. The van der Waals surface area contributed by atoms with Crippen LogP contribution < -0.4 is 5.32 Å². The third-order valence-electron chi connectivity index (χ3n) is 4.60. The number of thioether (sulfide) groups is 1. The highest BCUT2D eigenvalue weighted by Gasteiger charge is 2.24. The lowest BCUT2D eigenvalue weighted by Gasteiger charge is -2.03. The molecule has 1 fully saturated rings. The second-order valence-corrected chi connectivity index (χ2v) is 7.99. The first-order chi connectivity index (χ1) is 14.1. The number of para-hydroxylation sites is 1. The van der Waals surface area contributed by atoms with Crippen LogP contribution in [0, 0.1) is 6.92 Å². The summed E-state index contributed by atoms with van der Waals surface area (Å²) in [6, 6.07) is 11.5. The van der Waals surface area contributed by atoms with Gasteiger partial charge in [0.1, 0.15) is 0 Å². The molecule has 1 N–H and O–H groups in total. The van der Waals surface area contributed by atoms with Crippen molar-refractivity contribution in [3.05, 3.63) is 76.0 Å². The molecule has 0 radical (unpaired) electrons. The Labute approximate surface area is 175 Å². The van der Waals surface area contributed by atoms with Gasteiger partial charge in [-0.3, -0.25) is 14.2 Å². The van der Waals surface area contributed by atoms with Crippen molar-refractivity contribution in [3.8, 4) is 0 Å². The normalized spacial score (nSPS) is 17.0. The average molecular weight is 420 g/mol. The molecule has 142 valence electrons. The van der Waals surface area contributed by atoms with Crippen LogP contribution in [0.25, 0.3) is 22.8 Å². The first-order valence-electron chi connectivity index (χ1n) is 8.85. The van der Waals surface area contributed by atoms with Gasteiger partial charge in [0, 0.05) is 12.4 Å². The standard InChI is InChI=1S/C21H14ClN5OS/c1-12-3-2-4-14(22)19(12)25-21-26-20(28)17(29-21)10-13-5-6-15-16(9-13)27-8-7-23-18(27)11-24-15/h2-11H,1H3,(H,25,26,28)/b17-10-. The van der Waals surface area contributed by atoms with Crippen LogP contribution in [0.2, 0.25) is 5.02 Å². The van der Waals surface area contributed by atoms with Gasteiger partial charge in [-0.15, -0.1) is 0 Å². The number of rotatable bonds is 2. The number of carbonyl (C=O) groups excluding carboxylic acids is 1. The van der Waals surface area contributed by atoms with Crippen LogP contribution in [0.1, 0.15) is 11.1 Å². The number of imidazole rings is 1. The predicted molar refractivity (Wildman–Crippen MR) is 117 cm³/mol. The molecule has 8 heteroatoms. The Hall–Kier alpha value is -3.16. The molecule has 3 heterocycles. The van der Waals surface area contributed by atoms with Gasteiger partial charge in [-0.25, -0.2) is 9.98 Å². The number of amidine groups is 1. The van der Waals surface area contributed by atoms with Crippen LogP contribution in [-0.4, -0.2) is 25.4 Å². The predicted octanol–water partition coefficient (Wildman–Crippen LogP) is 4.74. The summed E-state index contributed by atoms with van der Waals surface area (Å²) in [6.45, 7) is 1.93. The molecule has 0 aliphatic carbocycles. The summed E-state index contributed by atoms with van der Waals surface area (Å²) in [6.07, 6.45) is 7.21. The minimum absolute atomic E-state index is 0.183. The number of hydrogen-bond acceptors (Lipinski definition) is 5. The van der Waals surface area contributed by atoms with Crippen molar-refractivity contribution in [3.63, 3.8) is 0 Å². The molecule has 0 bridgehead atoms. The van der Waals surface area contributed by atoms with E-state index in [2.05, 4.69) is 20.3 Å². The Balaban J connectivity index is 1.51. The van der Waals surface area contributed by atoms with Gasteiger partial charge in [0.15, 0.2) is 10.8 Å². The van der Waals surface area contributed by atoms with Crippen LogP contribution in [0.15, 0.2) is 64.9 Å². The number of hydrogen-bond donors (Lipinski definition) is 1. The van der Waals surface area contributed by atoms with Gasteiger partial charge in [-0.1, -0.05) is 29.8 Å². The van der Waals surface area contributed by atoms with Gasteiger partial charge in [-0.2, -0.15) is 0 Å². The van der Waals surface area contributed by atoms with Gasteiger partial charge in [-0.05, 0) is 54.1 Å². The topological polar surface area (TPSA) is 71.7 Å². The molecule has 2 aromatic heterocycles. The van der Waals surface area contributed by atoms with Crippen molar-refractivity contribution >= 4 is 62.9 Å². The SMILES string of the molecule is Cc1cccc(Cl)c1N=C1NC(=O)/C(=C/c2ccc3ncc4nccn4c3c2)S1. The van der Waals surface area contributed by atoms with E-state index in [9.17, 15) is 4.79 Å². The molecule has 29 heavy (non-hydrogen) atoms. The zero-order valence-electron chi connectivity index (χ0n) is 15.3. The van der Waals surface area contributed by atoms with Crippen LogP contribution >= 0.6 is 23.4 Å². The molecule has 0 spiro atoms. The Bertz CT molecular complexity index is 1340.